The SMILES string of the molecule is CCCCOc1nc(N)c2[nH]c(C#N)c(CCCCC3CCCCN3C(=O)NC)c2n1. The van der Waals surface area contributed by atoms with Gasteiger partial charge in [0.1, 0.15) is 22.8 Å². The number of aromatic nitrogens is 3. The Hall–Kier alpha value is -3.02. The fourth-order valence-corrected chi connectivity index (χ4v) is 4.22. The van der Waals surface area contributed by atoms with Crippen LogP contribution in [0, 0.1) is 11.3 Å². The lowest BCUT2D eigenvalue weighted by atomic mass is 9.96. The molecule has 1 atom stereocenters. The smallest absolute Gasteiger partial charge is 0.319 e. The largest absolute Gasteiger partial charge is 0.463 e. The zero-order chi connectivity index (χ0) is 22.2. The summed E-state index contributed by atoms with van der Waals surface area (Å²) in [5.41, 5.74) is 8.69. The number of piperidine rings is 1. The lowest BCUT2D eigenvalue weighted by Crippen LogP contribution is -2.47. The Kier molecular flexibility index (Phi) is 7.93. The molecule has 0 aliphatic carbocycles. The predicted molar refractivity (Wildman–Crippen MR) is 120 cm³/mol. The average molecular weight is 428 g/mol. The van der Waals surface area contributed by atoms with Crippen LogP contribution in [0.1, 0.15) is 69.5 Å². The molecule has 2 aromatic heterocycles. The van der Waals surface area contributed by atoms with Crippen molar-refractivity contribution in [3.05, 3.63) is 11.3 Å². The summed E-state index contributed by atoms with van der Waals surface area (Å²) in [5.74, 6) is 0.294. The molecular weight excluding hydrogens is 394 g/mol. The molecule has 0 bridgehead atoms. The van der Waals surface area contributed by atoms with Crippen LogP contribution in [-0.2, 0) is 6.42 Å². The number of aryl methyl sites for hydroxylation is 1. The molecule has 1 unspecified atom stereocenters. The summed E-state index contributed by atoms with van der Waals surface area (Å²) in [7, 11) is 1.68. The van der Waals surface area contributed by atoms with E-state index < -0.39 is 0 Å². The van der Waals surface area contributed by atoms with Crippen molar-refractivity contribution in [3.63, 3.8) is 0 Å². The maximum absolute atomic E-state index is 12.1. The molecule has 2 aromatic rings. The summed E-state index contributed by atoms with van der Waals surface area (Å²) >= 11 is 0. The fourth-order valence-electron chi connectivity index (χ4n) is 4.22. The van der Waals surface area contributed by atoms with Gasteiger partial charge >= 0.3 is 12.0 Å². The van der Waals surface area contributed by atoms with Gasteiger partial charge in [-0.05, 0) is 44.9 Å². The van der Waals surface area contributed by atoms with Crippen LogP contribution in [0.3, 0.4) is 0 Å². The second-order valence-corrected chi connectivity index (χ2v) is 8.05. The number of nitriles is 1. The number of hydrogen-bond donors (Lipinski definition) is 3. The first-order chi connectivity index (χ1) is 15.1. The predicted octanol–water partition coefficient (Wildman–Crippen LogP) is 3.50. The number of ether oxygens (including phenoxy) is 1. The zero-order valence-electron chi connectivity index (χ0n) is 18.5. The lowest BCUT2D eigenvalue weighted by molar-refractivity contribution is 0.147. The molecule has 4 N–H and O–H groups in total. The van der Waals surface area contributed by atoms with Crippen molar-refractivity contribution in [1.82, 2.24) is 25.2 Å². The summed E-state index contributed by atoms with van der Waals surface area (Å²) in [6.07, 6.45) is 8.74. The van der Waals surface area contributed by atoms with Crippen LogP contribution < -0.4 is 15.8 Å². The van der Waals surface area contributed by atoms with E-state index >= 15 is 0 Å². The molecule has 9 heteroatoms. The van der Waals surface area contributed by atoms with Gasteiger partial charge in [-0.15, -0.1) is 0 Å². The quantitative estimate of drug-likeness (QED) is 0.525. The molecule has 1 aliphatic rings. The van der Waals surface area contributed by atoms with Gasteiger partial charge in [0.15, 0.2) is 5.82 Å². The summed E-state index contributed by atoms with van der Waals surface area (Å²) < 4.78 is 5.64. The molecule has 3 heterocycles. The zero-order valence-corrected chi connectivity index (χ0v) is 18.5. The number of aromatic amines is 1. The van der Waals surface area contributed by atoms with Gasteiger partial charge in [-0.25, -0.2) is 4.79 Å². The summed E-state index contributed by atoms with van der Waals surface area (Å²) in [6, 6.07) is 2.77. The molecule has 31 heavy (non-hydrogen) atoms. The normalized spacial score (nSPS) is 16.3. The number of carbonyl (C=O) groups excluding carboxylic acids is 1. The summed E-state index contributed by atoms with van der Waals surface area (Å²) in [6.45, 7) is 3.45. The number of amides is 2. The molecule has 0 spiro atoms. The minimum absolute atomic E-state index is 0.0101. The molecule has 0 aromatic carbocycles. The molecular formula is C22H33N7O2. The number of likely N-dealkylation sites (tertiary alicyclic amines) is 1. The standard InChI is InChI=1S/C22H33N7O2/c1-3-4-13-31-21-27-18-16(17(14-23)26-19(18)20(24)28-21)11-6-5-9-15-10-7-8-12-29(15)22(30)25-2/h15,26H,3-13H2,1-2H3,(H,25,30)(H2,24,27,28). The Morgan fingerprint density at radius 2 is 2.19 bits per heavy atom. The minimum atomic E-state index is 0.0101. The number of nitrogens with one attached hydrogen (secondary N) is 2. The van der Waals surface area contributed by atoms with Gasteiger partial charge in [0.05, 0.1) is 6.61 Å². The number of hydrogen-bond acceptors (Lipinski definition) is 6. The molecule has 1 saturated heterocycles. The highest BCUT2D eigenvalue weighted by molar-refractivity contribution is 5.89. The number of anilines is 1. The number of nitrogens with two attached hydrogens (primary N) is 1. The highest BCUT2D eigenvalue weighted by Crippen LogP contribution is 2.28. The van der Waals surface area contributed by atoms with Crippen molar-refractivity contribution in [2.75, 3.05) is 25.9 Å². The van der Waals surface area contributed by atoms with Crippen molar-refractivity contribution in [2.45, 2.75) is 70.8 Å². The van der Waals surface area contributed by atoms with Crippen LogP contribution in [0.2, 0.25) is 0 Å². The van der Waals surface area contributed by atoms with Crippen molar-refractivity contribution < 1.29 is 9.53 Å². The molecule has 1 fully saturated rings. The second kappa shape index (κ2) is 10.8. The van der Waals surface area contributed by atoms with Crippen molar-refractivity contribution in [1.29, 1.82) is 5.26 Å². The van der Waals surface area contributed by atoms with Crippen molar-refractivity contribution in [2.24, 2.45) is 0 Å². The number of nitrogens with zero attached hydrogens (tertiary/aromatic N) is 4. The highest BCUT2D eigenvalue weighted by atomic mass is 16.5. The van der Waals surface area contributed by atoms with E-state index in [0.29, 0.717) is 35.6 Å². The Balaban J connectivity index is 1.67. The van der Waals surface area contributed by atoms with E-state index in [0.717, 1.165) is 63.5 Å². The molecule has 9 nitrogen and oxygen atoms in total. The summed E-state index contributed by atoms with van der Waals surface area (Å²) in [5, 5.41) is 12.3. The third-order valence-corrected chi connectivity index (χ3v) is 5.91. The number of urea groups is 1. The average Bonchev–Trinajstić information content (AvgIpc) is 3.15. The van der Waals surface area contributed by atoms with Gasteiger partial charge in [-0.2, -0.15) is 15.2 Å². The number of unbranched alkanes of at least 4 members (excludes halogenated alkanes) is 2. The van der Waals surface area contributed by atoms with Crippen LogP contribution in [0.15, 0.2) is 0 Å². The Bertz CT molecular complexity index is 934. The molecule has 2 amide bonds. The molecule has 168 valence electrons. The molecule has 3 rings (SSSR count). The van der Waals surface area contributed by atoms with E-state index in [1.807, 2.05) is 4.90 Å². The lowest BCUT2D eigenvalue weighted by Gasteiger charge is -2.35. The number of fused-ring (bicyclic) bond motifs is 1. The van der Waals surface area contributed by atoms with Crippen LogP contribution in [-0.4, -0.2) is 52.1 Å². The summed E-state index contributed by atoms with van der Waals surface area (Å²) in [4.78, 5) is 25.9. The van der Waals surface area contributed by atoms with E-state index in [4.69, 9.17) is 10.5 Å². The Morgan fingerprint density at radius 1 is 1.35 bits per heavy atom. The number of carbonyl (C=O) groups is 1. The van der Waals surface area contributed by atoms with Gasteiger partial charge in [0.2, 0.25) is 0 Å². The molecule has 0 radical (unpaired) electrons. The van der Waals surface area contributed by atoms with Crippen LogP contribution in [0.5, 0.6) is 6.01 Å². The van der Waals surface area contributed by atoms with E-state index in [1.54, 1.807) is 7.05 Å². The molecule has 1 aliphatic heterocycles. The number of nitrogen functional groups attached to an aromatic ring is 1. The number of rotatable bonds is 9. The monoisotopic (exact) mass is 427 g/mol. The van der Waals surface area contributed by atoms with Crippen molar-refractivity contribution >= 4 is 22.9 Å². The van der Waals surface area contributed by atoms with Crippen molar-refractivity contribution in [3.8, 4) is 12.1 Å². The first kappa shape index (κ1) is 22.7. The highest BCUT2D eigenvalue weighted by Gasteiger charge is 2.25. The van der Waals surface area contributed by atoms with E-state index in [9.17, 15) is 10.1 Å². The van der Waals surface area contributed by atoms with Crippen LogP contribution >= 0.6 is 0 Å². The minimum Gasteiger partial charge on any atom is -0.463 e. The van der Waals surface area contributed by atoms with E-state index in [2.05, 4.69) is 33.3 Å². The van der Waals surface area contributed by atoms with Crippen LogP contribution in [0.25, 0.3) is 11.0 Å². The van der Waals surface area contributed by atoms with E-state index in [1.165, 1.54) is 0 Å². The number of H-pyrrole nitrogens is 1. The van der Waals surface area contributed by atoms with Gasteiger partial charge in [0.25, 0.3) is 0 Å². The third kappa shape index (κ3) is 5.37. The van der Waals surface area contributed by atoms with Gasteiger partial charge in [-0.1, -0.05) is 19.8 Å². The van der Waals surface area contributed by atoms with Gasteiger partial charge in [-0.3, -0.25) is 0 Å². The Morgan fingerprint density at radius 3 is 2.94 bits per heavy atom. The topological polar surface area (TPSA) is 133 Å². The first-order valence-electron chi connectivity index (χ1n) is 11.3. The third-order valence-electron chi connectivity index (χ3n) is 5.91. The van der Waals surface area contributed by atoms with Crippen LogP contribution in [0.4, 0.5) is 10.6 Å². The van der Waals surface area contributed by atoms with Gasteiger partial charge < -0.3 is 25.7 Å². The van der Waals surface area contributed by atoms with E-state index in [-0.39, 0.29) is 18.1 Å². The first-order valence-corrected chi connectivity index (χ1v) is 11.3. The maximum atomic E-state index is 12.1. The Labute approximate surface area is 183 Å². The second-order valence-electron chi connectivity index (χ2n) is 8.05. The fraction of sp³-hybridized carbons (Fsp3) is 0.636. The van der Waals surface area contributed by atoms with Gasteiger partial charge in [0, 0.05) is 25.2 Å². The maximum Gasteiger partial charge on any atom is 0.319 e. The molecule has 0 saturated carbocycles.